The summed E-state index contributed by atoms with van der Waals surface area (Å²) in [5.41, 5.74) is 0.0643. The highest BCUT2D eigenvalue weighted by molar-refractivity contribution is 8.13. The molecule has 0 aliphatic rings. The van der Waals surface area contributed by atoms with Crippen molar-refractivity contribution in [3.8, 4) is 0 Å². The van der Waals surface area contributed by atoms with Gasteiger partial charge in [0.2, 0.25) is 0 Å². The molecule has 19 heavy (non-hydrogen) atoms. The normalized spacial score (nSPS) is 11.5. The van der Waals surface area contributed by atoms with E-state index in [4.69, 9.17) is 15.4 Å². The van der Waals surface area contributed by atoms with Gasteiger partial charge in [-0.3, -0.25) is 5.10 Å². The summed E-state index contributed by atoms with van der Waals surface area (Å²) in [4.78, 5) is 11.5. The molecule has 0 saturated carbocycles. The maximum atomic E-state index is 11.8. The van der Waals surface area contributed by atoms with Crippen LogP contribution < -0.4 is 0 Å². The summed E-state index contributed by atoms with van der Waals surface area (Å²) >= 11 is 0. The van der Waals surface area contributed by atoms with Crippen LogP contribution in [0.2, 0.25) is 0 Å². The van der Waals surface area contributed by atoms with Crippen LogP contribution >= 0.6 is 10.7 Å². The lowest BCUT2D eigenvalue weighted by atomic mass is 10.2. The minimum absolute atomic E-state index is 0.229. The number of ether oxygens (including phenoxy) is 1. The van der Waals surface area contributed by atoms with Crippen molar-refractivity contribution < 1.29 is 17.9 Å². The number of nitrogens with zero attached hydrogens (tertiary/aromatic N) is 1. The molecule has 8 heteroatoms. The fourth-order valence-electron chi connectivity index (χ4n) is 1.57. The molecule has 1 N–H and O–H groups in total. The van der Waals surface area contributed by atoms with Gasteiger partial charge in [0.1, 0.15) is 4.90 Å². The number of aryl methyl sites for hydroxylation is 1. The van der Waals surface area contributed by atoms with Crippen LogP contribution in [-0.2, 0) is 20.2 Å². The molecule has 0 aliphatic carbocycles. The van der Waals surface area contributed by atoms with Crippen molar-refractivity contribution in [2.24, 2.45) is 0 Å². The van der Waals surface area contributed by atoms with Gasteiger partial charge in [-0.25, -0.2) is 13.2 Å². The highest BCUT2D eigenvalue weighted by atomic mass is 35.7. The van der Waals surface area contributed by atoms with E-state index in [9.17, 15) is 13.2 Å². The van der Waals surface area contributed by atoms with Crippen molar-refractivity contribution in [1.29, 1.82) is 0 Å². The van der Waals surface area contributed by atoms with Gasteiger partial charge in [-0.2, -0.15) is 5.10 Å². The van der Waals surface area contributed by atoms with Gasteiger partial charge < -0.3 is 4.74 Å². The highest BCUT2D eigenvalue weighted by Gasteiger charge is 2.28. The molecule has 108 valence electrons. The van der Waals surface area contributed by atoms with E-state index in [1.165, 1.54) is 0 Å². The molecule has 1 rings (SSSR count). The Morgan fingerprint density at radius 2 is 2.05 bits per heavy atom. The smallest absolute Gasteiger partial charge is 0.360 e. The van der Waals surface area contributed by atoms with Crippen molar-refractivity contribution in [1.82, 2.24) is 10.2 Å². The average molecular weight is 309 g/mol. The van der Waals surface area contributed by atoms with Crippen LogP contribution in [0.25, 0.3) is 0 Å². The van der Waals surface area contributed by atoms with Gasteiger partial charge in [0.05, 0.1) is 12.3 Å². The molecular formula is C11H17ClN2O4S. The topological polar surface area (TPSA) is 89.1 Å². The molecule has 0 fully saturated rings. The maximum absolute atomic E-state index is 11.8. The number of halogens is 1. The Kier molecular flexibility index (Phi) is 5.81. The van der Waals surface area contributed by atoms with Gasteiger partial charge in [0.25, 0.3) is 9.05 Å². The molecule has 0 radical (unpaired) electrons. The standard InChI is InChI=1S/C11H17ClN2O4S/c1-3-5-7-18-11(15)9-10(19(12,16)17)8(6-4-2)13-14-9/h3-7H2,1-2H3,(H,13,14). The molecule has 0 spiro atoms. The number of hydrogen-bond acceptors (Lipinski definition) is 5. The number of esters is 1. The van der Waals surface area contributed by atoms with Crippen LogP contribution in [0.5, 0.6) is 0 Å². The van der Waals surface area contributed by atoms with Gasteiger partial charge in [-0.1, -0.05) is 26.7 Å². The minimum atomic E-state index is -4.04. The summed E-state index contributed by atoms with van der Waals surface area (Å²) in [5, 5.41) is 6.26. The van der Waals surface area contributed by atoms with Crippen LogP contribution in [0.3, 0.4) is 0 Å². The molecule has 0 atom stereocenters. The predicted octanol–water partition coefficient (Wildman–Crippen LogP) is 2.25. The summed E-state index contributed by atoms with van der Waals surface area (Å²) < 4.78 is 28.0. The van der Waals surface area contributed by atoms with E-state index < -0.39 is 15.0 Å². The number of carbonyl (C=O) groups is 1. The molecule has 0 aliphatic heterocycles. The Bertz CT molecular complexity index is 539. The Morgan fingerprint density at radius 1 is 1.37 bits per heavy atom. The van der Waals surface area contributed by atoms with E-state index in [1.54, 1.807) is 0 Å². The van der Waals surface area contributed by atoms with Gasteiger partial charge >= 0.3 is 5.97 Å². The van der Waals surface area contributed by atoms with E-state index in [0.717, 1.165) is 6.42 Å². The second kappa shape index (κ2) is 6.91. The lowest BCUT2D eigenvalue weighted by Gasteiger charge is -2.03. The maximum Gasteiger partial charge on any atom is 0.360 e. The zero-order chi connectivity index (χ0) is 14.5. The number of H-pyrrole nitrogens is 1. The molecule has 0 amide bonds. The first kappa shape index (κ1) is 16.0. The number of aromatic amines is 1. The summed E-state index contributed by atoms with van der Waals surface area (Å²) in [6, 6.07) is 0. The van der Waals surface area contributed by atoms with Crippen LogP contribution in [0.15, 0.2) is 4.90 Å². The molecule has 1 heterocycles. The first-order valence-electron chi connectivity index (χ1n) is 6.10. The van der Waals surface area contributed by atoms with Crippen molar-refractivity contribution in [3.63, 3.8) is 0 Å². The second-order valence-corrected chi connectivity index (χ2v) is 6.56. The summed E-state index contributed by atoms with van der Waals surface area (Å²) in [7, 11) is 1.31. The molecule has 0 aromatic carbocycles. The van der Waals surface area contributed by atoms with Crippen LogP contribution in [-0.4, -0.2) is 31.2 Å². The van der Waals surface area contributed by atoms with Crippen LogP contribution in [0, 0.1) is 0 Å². The first-order valence-corrected chi connectivity index (χ1v) is 8.41. The number of aromatic nitrogens is 2. The molecule has 1 aromatic heterocycles. The Labute approximate surface area is 116 Å². The third-order valence-corrected chi connectivity index (χ3v) is 3.85. The third kappa shape index (κ3) is 4.21. The lowest BCUT2D eigenvalue weighted by molar-refractivity contribution is 0.0488. The molecule has 6 nitrogen and oxygen atoms in total. The minimum Gasteiger partial charge on any atom is -0.461 e. The number of carbonyl (C=O) groups excluding carboxylic acids is 1. The van der Waals surface area contributed by atoms with E-state index in [1.807, 2.05) is 13.8 Å². The average Bonchev–Trinajstić information content (AvgIpc) is 2.73. The summed E-state index contributed by atoms with van der Waals surface area (Å²) in [6.07, 6.45) is 2.72. The van der Waals surface area contributed by atoms with E-state index in [-0.39, 0.29) is 17.2 Å². The molecular weight excluding hydrogens is 292 g/mol. The number of hydrogen-bond donors (Lipinski definition) is 1. The Morgan fingerprint density at radius 3 is 2.58 bits per heavy atom. The largest absolute Gasteiger partial charge is 0.461 e. The molecule has 0 unspecified atom stereocenters. The van der Waals surface area contributed by atoms with E-state index in [0.29, 0.717) is 25.0 Å². The van der Waals surface area contributed by atoms with Gasteiger partial charge in [-0.05, 0) is 12.8 Å². The van der Waals surface area contributed by atoms with Gasteiger partial charge in [0, 0.05) is 10.7 Å². The molecule has 0 saturated heterocycles. The van der Waals surface area contributed by atoms with Gasteiger partial charge in [0.15, 0.2) is 5.69 Å². The Balaban J connectivity index is 3.04. The highest BCUT2D eigenvalue weighted by Crippen LogP contribution is 2.24. The fourth-order valence-corrected chi connectivity index (χ4v) is 2.87. The molecule has 1 aromatic rings. The fraction of sp³-hybridized carbons (Fsp3) is 0.636. The van der Waals surface area contributed by atoms with Crippen LogP contribution in [0.1, 0.15) is 49.3 Å². The monoisotopic (exact) mass is 308 g/mol. The summed E-state index contributed by atoms with van der Waals surface area (Å²) in [6.45, 7) is 4.06. The molecule has 0 bridgehead atoms. The van der Waals surface area contributed by atoms with Crippen molar-refractivity contribution in [2.75, 3.05) is 6.61 Å². The van der Waals surface area contributed by atoms with Gasteiger partial charge in [-0.15, -0.1) is 0 Å². The number of nitrogens with one attached hydrogen (secondary N) is 1. The van der Waals surface area contributed by atoms with E-state index in [2.05, 4.69) is 10.2 Å². The Hall–Kier alpha value is -1.08. The summed E-state index contributed by atoms with van der Waals surface area (Å²) in [5.74, 6) is -0.772. The third-order valence-electron chi connectivity index (χ3n) is 2.46. The zero-order valence-electron chi connectivity index (χ0n) is 10.9. The number of rotatable bonds is 7. The predicted molar refractivity (Wildman–Crippen MR) is 70.8 cm³/mol. The van der Waals surface area contributed by atoms with Crippen molar-refractivity contribution in [2.45, 2.75) is 44.4 Å². The second-order valence-electron chi connectivity index (χ2n) is 4.06. The zero-order valence-corrected chi connectivity index (χ0v) is 12.5. The van der Waals surface area contributed by atoms with Crippen molar-refractivity contribution in [3.05, 3.63) is 11.4 Å². The van der Waals surface area contributed by atoms with E-state index >= 15 is 0 Å². The number of unbranched alkanes of at least 4 members (excludes halogenated alkanes) is 1. The van der Waals surface area contributed by atoms with Crippen LogP contribution in [0.4, 0.5) is 0 Å². The SMILES string of the molecule is CCCCOC(=O)c1n[nH]c(CCC)c1S(=O)(=O)Cl. The lowest BCUT2D eigenvalue weighted by Crippen LogP contribution is -2.11. The first-order chi connectivity index (χ1) is 8.91. The van der Waals surface area contributed by atoms with Crippen molar-refractivity contribution >= 4 is 25.7 Å². The quantitative estimate of drug-likeness (QED) is 0.474.